The first kappa shape index (κ1) is 13.8. The van der Waals surface area contributed by atoms with Crippen LogP contribution < -0.4 is 10.1 Å². The van der Waals surface area contributed by atoms with Crippen LogP contribution in [-0.4, -0.2) is 43.5 Å². The van der Waals surface area contributed by atoms with Crippen molar-refractivity contribution >= 4 is 5.97 Å². The number of nitrogens with one attached hydrogen (secondary N) is 1. The number of aromatic carboxylic acids is 1. The Morgan fingerprint density at radius 2 is 2.42 bits per heavy atom. The summed E-state index contributed by atoms with van der Waals surface area (Å²) in [7, 11) is 0. The summed E-state index contributed by atoms with van der Waals surface area (Å²) >= 11 is 0. The van der Waals surface area contributed by atoms with Crippen LogP contribution >= 0.6 is 0 Å². The zero-order valence-corrected chi connectivity index (χ0v) is 10.8. The molecule has 0 bridgehead atoms. The highest BCUT2D eigenvalue weighted by Crippen LogP contribution is 2.13. The lowest BCUT2D eigenvalue weighted by Crippen LogP contribution is -2.29. The first-order valence-electron chi connectivity index (χ1n) is 6.54. The first-order valence-corrected chi connectivity index (χ1v) is 6.54. The molecule has 1 atom stereocenters. The van der Waals surface area contributed by atoms with Crippen molar-refractivity contribution in [1.82, 2.24) is 5.32 Å². The van der Waals surface area contributed by atoms with E-state index in [0.29, 0.717) is 18.5 Å². The van der Waals surface area contributed by atoms with E-state index in [4.69, 9.17) is 14.6 Å². The van der Waals surface area contributed by atoms with Gasteiger partial charge in [-0.2, -0.15) is 0 Å². The average molecular weight is 265 g/mol. The van der Waals surface area contributed by atoms with Crippen molar-refractivity contribution in [1.29, 1.82) is 0 Å². The van der Waals surface area contributed by atoms with Crippen molar-refractivity contribution in [2.24, 2.45) is 0 Å². The highest BCUT2D eigenvalue weighted by Gasteiger charge is 2.14. The molecule has 2 N–H and O–H groups in total. The van der Waals surface area contributed by atoms with Crippen LogP contribution in [0.4, 0.5) is 0 Å². The Hall–Kier alpha value is -1.59. The molecule has 1 unspecified atom stereocenters. The summed E-state index contributed by atoms with van der Waals surface area (Å²) in [5.74, 6) is -0.360. The summed E-state index contributed by atoms with van der Waals surface area (Å²) in [6, 6.07) is 6.51. The molecule has 0 radical (unpaired) electrons. The van der Waals surface area contributed by atoms with E-state index in [2.05, 4.69) is 5.32 Å². The summed E-state index contributed by atoms with van der Waals surface area (Å²) in [6.45, 7) is 2.94. The van der Waals surface area contributed by atoms with Gasteiger partial charge in [-0.05, 0) is 31.0 Å². The Morgan fingerprint density at radius 3 is 3.16 bits per heavy atom. The van der Waals surface area contributed by atoms with Gasteiger partial charge in [0.15, 0.2) is 0 Å². The Labute approximate surface area is 112 Å². The standard InChI is InChI=1S/C14H19NO4/c16-14(17)11-3-1-4-12(9-11)19-8-6-15-10-13-5-2-7-18-13/h1,3-4,9,13,15H,2,5-8,10H2,(H,16,17). The molecule has 5 heteroatoms. The number of carboxylic acids is 1. The smallest absolute Gasteiger partial charge is 0.335 e. The Balaban J connectivity index is 1.64. The van der Waals surface area contributed by atoms with Crippen molar-refractivity contribution in [2.45, 2.75) is 18.9 Å². The summed E-state index contributed by atoms with van der Waals surface area (Å²) < 4.78 is 11.0. The molecule has 2 rings (SSSR count). The minimum Gasteiger partial charge on any atom is -0.492 e. The van der Waals surface area contributed by atoms with Gasteiger partial charge in [0.1, 0.15) is 12.4 Å². The van der Waals surface area contributed by atoms with Crippen LogP contribution in [0.3, 0.4) is 0 Å². The van der Waals surface area contributed by atoms with Crippen molar-refractivity contribution in [3.05, 3.63) is 29.8 Å². The van der Waals surface area contributed by atoms with E-state index in [-0.39, 0.29) is 5.56 Å². The van der Waals surface area contributed by atoms with Crippen molar-refractivity contribution < 1.29 is 19.4 Å². The second-order valence-corrected chi connectivity index (χ2v) is 4.52. The van der Waals surface area contributed by atoms with Crippen LogP contribution in [0.25, 0.3) is 0 Å². The van der Waals surface area contributed by atoms with Gasteiger partial charge in [0.25, 0.3) is 0 Å². The van der Waals surface area contributed by atoms with Gasteiger partial charge in [0.2, 0.25) is 0 Å². The molecule has 104 valence electrons. The molecule has 5 nitrogen and oxygen atoms in total. The van der Waals surface area contributed by atoms with E-state index in [1.54, 1.807) is 18.2 Å². The van der Waals surface area contributed by atoms with Gasteiger partial charge in [-0.3, -0.25) is 0 Å². The molecule has 1 aromatic rings. The van der Waals surface area contributed by atoms with Crippen molar-refractivity contribution in [3.8, 4) is 5.75 Å². The average Bonchev–Trinajstić information content (AvgIpc) is 2.92. The largest absolute Gasteiger partial charge is 0.492 e. The number of ether oxygens (including phenoxy) is 2. The van der Waals surface area contributed by atoms with E-state index in [1.807, 2.05) is 0 Å². The lowest BCUT2D eigenvalue weighted by atomic mass is 10.2. The van der Waals surface area contributed by atoms with Crippen LogP contribution in [0.2, 0.25) is 0 Å². The van der Waals surface area contributed by atoms with Crippen molar-refractivity contribution in [3.63, 3.8) is 0 Å². The predicted molar refractivity (Wildman–Crippen MR) is 70.7 cm³/mol. The summed E-state index contributed by atoms with van der Waals surface area (Å²) in [5.41, 5.74) is 0.241. The Morgan fingerprint density at radius 1 is 1.53 bits per heavy atom. The number of benzene rings is 1. The third kappa shape index (κ3) is 4.54. The molecular formula is C14H19NO4. The van der Waals surface area contributed by atoms with Crippen LogP contribution in [0.5, 0.6) is 5.75 Å². The molecule has 1 aliphatic rings. The van der Waals surface area contributed by atoms with Gasteiger partial charge in [0, 0.05) is 19.7 Å². The van der Waals surface area contributed by atoms with E-state index < -0.39 is 5.97 Å². The lowest BCUT2D eigenvalue weighted by molar-refractivity contribution is 0.0696. The van der Waals surface area contributed by atoms with Crippen LogP contribution in [-0.2, 0) is 4.74 Å². The summed E-state index contributed by atoms with van der Waals surface area (Å²) in [4.78, 5) is 10.8. The van der Waals surface area contributed by atoms with E-state index in [9.17, 15) is 4.79 Å². The third-order valence-electron chi connectivity index (χ3n) is 3.02. The summed E-state index contributed by atoms with van der Waals surface area (Å²) in [6.07, 6.45) is 2.59. The third-order valence-corrected chi connectivity index (χ3v) is 3.02. The molecule has 1 fully saturated rings. The molecule has 1 saturated heterocycles. The molecule has 19 heavy (non-hydrogen) atoms. The van der Waals surface area contributed by atoms with Gasteiger partial charge in [-0.25, -0.2) is 4.79 Å². The Kier molecular flexibility index (Phi) is 5.18. The van der Waals surface area contributed by atoms with Crippen molar-refractivity contribution in [2.75, 3.05) is 26.3 Å². The maximum absolute atomic E-state index is 10.8. The maximum atomic E-state index is 10.8. The minimum atomic E-state index is -0.943. The van der Waals surface area contributed by atoms with Gasteiger partial charge in [-0.15, -0.1) is 0 Å². The SMILES string of the molecule is O=C(O)c1cccc(OCCNCC2CCCO2)c1. The topological polar surface area (TPSA) is 67.8 Å². The highest BCUT2D eigenvalue weighted by molar-refractivity contribution is 5.87. The normalized spacial score (nSPS) is 18.4. The quantitative estimate of drug-likeness (QED) is 0.732. The van der Waals surface area contributed by atoms with Gasteiger partial charge >= 0.3 is 5.97 Å². The highest BCUT2D eigenvalue weighted by atomic mass is 16.5. The molecule has 0 spiro atoms. The molecule has 1 heterocycles. The molecule has 1 aromatic carbocycles. The zero-order valence-electron chi connectivity index (χ0n) is 10.8. The molecule has 0 aromatic heterocycles. The molecule has 0 saturated carbocycles. The fraction of sp³-hybridized carbons (Fsp3) is 0.500. The van der Waals surface area contributed by atoms with E-state index >= 15 is 0 Å². The number of hydrogen-bond donors (Lipinski definition) is 2. The first-order chi connectivity index (χ1) is 9.25. The zero-order chi connectivity index (χ0) is 13.5. The van der Waals surface area contributed by atoms with Gasteiger partial charge in [-0.1, -0.05) is 6.07 Å². The Bertz CT molecular complexity index is 416. The predicted octanol–water partition coefficient (Wildman–Crippen LogP) is 1.53. The number of rotatable bonds is 7. The second kappa shape index (κ2) is 7.11. The summed E-state index contributed by atoms with van der Waals surface area (Å²) in [5, 5.41) is 12.1. The van der Waals surface area contributed by atoms with E-state index in [1.165, 1.54) is 6.07 Å². The number of carbonyl (C=O) groups is 1. The molecule has 1 aliphatic heterocycles. The number of carboxylic acid groups (broad SMARTS) is 1. The molecular weight excluding hydrogens is 246 g/mol. The number of hydrogen-bond acceptors (Lipinski definition) is 4. The van der Waals surface area contributed by atoms with Gasteiger partial charge < -0.3 is 19.9 Å². The monoisotopic (exact) mass is 265 g/mol. The fourth-order valence-electron chi connectivity index (χ4n) is 2.03. The molecule has 0 aliphatic carbocycles. The van der Waals surface area contributed by atoms with Gasteiger partial charge in [0.05, 0.1) is 11.7 Å². The van der Waals surface area contributed by atoms with Crippen LogP contribution in [0.1, 0.15) is 23.2 Å². The maximum Gasteiger partial charge on any atom is 0.335 e. The second-order valence-electron chi connectivity index (χ2n) is 4.52. The molecule has 0 amide bonds. The lowest BCUT2D eigenvalue weighted by Gasteiger charge is -2.11. The fourth-order valence-corrected chi connectivity index (χ4v) is 2.03. The van der Waals surface area contributed by atoms with E-state index in [0.717, 1.165) is 32.5 Å². The minimum absolute atomic E-state index is 0.241. The van der Waals surface area contributed by atoms with Crippen LogP contribution in [0, 0.1) is 0 Å². The van der Waals surface area contributed by atoms with Crippen LogP contribution in [0.15, 0.2) is 24.3 Å².